The van der Waals surface area contributed by atoms with Gasteiger partial charge in [-0.05, 0) is 23.8 Å². The molecule has 0 aliphatic rings. The van der Waals surface area contributed by atoms with Crippen LogP contribution in [-0.2, 0) is 18.3 Å². The zero-order valence-electron chi connectivity index (χ0n) is 13.6. The van der Waals surface area contributed by atoms with Crippen molar-refractivity contribution in [3.8, 4) is 11.3 Å². The number of rotatable bonds is 4. The number of nitrogens with zero attached hydrogens (tertiary/aromatic N) is 3. The maximum atomic E-state index is 12.4. The molecule has 0 radical (unpaired) electrons. The summed E-state index contributed by atoms with van der Waals surface area (Å²) in [5, 5.41) is 6.55. The van der Waals surface area contributed by atoms with Crippen LogP contribution in [0.25, 0.3) is 22.2 Å². The maximum Gasteiger partial charge on any atom is 0.230 e. The number of carbonyl (C=O) groups is 1. The van der Waals surface area contributed by atoms with Gasteiger partial charge in [0.15, 0.2) is 5.13 Å². The molecule has 0 unspecified atom stereocenters. The molecule has 3 aromatic heterocycles. The standard InChI is InChI=1S/C19H16N4OS/c1-23-11-14(15-4-2-3-5-17(15)23)10-18(24)22-19-21-16(12-25-19)13-6-8-20-9-7-13/h2-9,11-12H,10H2,1H3,(H,21,22,24). The summed E-state index contributed by atoms with van der Waals surface area (Å²) in [6.07, 6.45) is 5.79. The van der Waals surface area contributed by atoms with E-state index >= 15 is 0 Å². The molecule has 0 saturated carbocycles. The molecular weight excluding hydrogens is 332 g/mol. The first kappa shape index (κ1) is 15.5. The second-order valence-corrected chi connectivity index (χ2v) is 6.64. The van der Waals surface area contributed by atoms with Crippen LogP contribution < -0.4 is 5.32 Å². The number of carbonyl (C=O) groups excluding carboxylic acids is 1. The zero-order valence-corrected chi connectivity index (χ0v) is 14.5. The summed E-state index contributed by atoms with van der Waals surface area (Å²) < 4.78 is 2.04. The molecule has 5 nitrogen and oxygen atoms in total. The summed E-state index contributed by atoms with van der Waals surface area (Å²) >= 11 is 1.42. The Morgan fingerprint density at radius 2 is 2.00 bits per heavy atom. The Bertz CT molecular complexity index is 1040. The Hall–Kier alpha value is -2.99. The van der Waals surface area contributed by atoms with Crippen molar-refractivity contribution in [1.29, 1.82) is 0 Å². The highest BCUT2D eigenvalue weighted by molar-refractivity contribution is 7.14. The first-order valence-electron chi connectivity index (χ1n) is 7.89. The molecule has 4 rings (SSSR count). The van der Waals surface area contributed by atoms with Crippen LogP contribution in [0.2, 0.25) is 0 Å². The second-order valence-electron chi connectivity index (χ2n) is 5.78. The van der Waals surface area contributed by atoms with Crippen LogP contribution in [0.4, 0.5) is 5.13 Å². The number of amides is 1. The molecule has 0 saturated heterocycles. The van der Waals surface area contributed by atoms with Crippen molar-refractivity contribution in [2.45, 2.75) is 6.42 Å². The predicted octanol–water partition coefficient (Wildman–Crippen LogP) is 3.88. The van der Waals surface area contributed by atoms with Gasteiger partial charge in [-0.2, -0.15) is 0 Å². The van der Waals surface area contributed by atoms with Crippen LogP contribution >= 0.6 is 11.3 Å². The molecule has 4 aromatic rings. The predicted molar refractivity (Wildman–Crippen MR) is 101 cm³/mol. The van der Waals surface area contributed by atoms with Crippen molar-refractivity contribution >= 4 is 33.3 Å². The largest absolute Gasteiger partial charge is 0.350 e. The summed E-state index contributed by atoms with van der Waals surface area (Å²) in [5.41, 5.74) is 3.97. The van der Waals surface area contributed by atoms with E-state index in [1.807, 2.05) is 53.5 Å². The van der Waals surface area contributed by atoms with E-state index in [0.29, 0.717) is 11.6 Å². The van der Waals surface area contributed by atoms with Crippen molar-refractivity contribution < 1.29 is 4.79 Å². The number of nitrogens with one attached hydrogen (secondary N) is 1. The van der Waals surface area contributed by atoms with Crippen molar-refractivity contribution in [2.24, 2.45) is 7.05 Å². The lowest BCUT2D eigenvalue weighted by Crippen LogP contribution is -2.14. The van der Waals surface area contributed by atoms with E-state index in [1.54, 1.807) is 12.4 Å². The van der Waals surface area contributed by atoms with Gasteiger partial charge in [-0.1, -0.05) is 18.2 Å². The van der Waals surface area contributed by atoms with Gasteiger partial charge in [0.2, 0.25) is 5.91 Å². The van der Waals surface area contributed by atoms with Crippen LogP contribution in [-0.4, -0.2) is 20.4 Å². The number of pyridine rings is 1. The fourth-order valence-electron chi connectivity index (χ4n) is 2.89. The van der Waals surface area contributed by atoms with Crippen LogP contribution in [0.1, 0.15) is 5.56 Å². The van der Waals surface area contributed by atoms with Gasteiger partial charge < -0.3 is 9.88 Å². The van der Waals surface area contributed by atoms with Gasteiger partial charge >= 0.3 is 0 Å². The van der Waals surface area contributed by atoms with E-state index in [2.05, 4.69) is 21.4 Å². The third-order valence-corrected chi connectivity index (χ3v) is 4.81. The number of para-hydroxylation sites is 1. The zero-order chi connectivity index (χ0) is 17.2. The molecule has 124 valence electrons. The van der Waals surface area contributed by atoms with Gasteiger partial charge in [-0.3, -0.25) is 9.78 Å². The van der Waals surface area contributed by atoms with E-state index in [-0.39, 0.29) is 5.91 Å². The summed E-state index contributed by atoms with van der Waals surface area (Å²) in [5.74, 6) is -0.0630. The first-order valence-corrected chi connectivity index (χ1v) is 8.77. The van der Waals surface area contributed by atoms with Crippen LogP contribution in [0, 0.1) is 0 Å². The smallest absolute Gasteiger partial charge is 0.230 e. The fourth-order valence-corrected chi connectivity index (χ4v) is 3.63. The van der Waals surface area contributed by atoms with E-state index in [1.165, 1.54) is 11.3 Å². The highest BCUT2D eigenvalue weighted by Crippen LogP contribution is 2.25. The van der Waals surface area contributed by atoms with Crippen LogP contribution in [0.5, 0.6) is 0 Å². The molecule has 0 atom stereocenters. The van der Waals surface area contributed by atoms with E-state index < -0.39 is 0 Å². The van der Waals surface area contributed by atoms with Crippen LogP contribution in [0.3, 0.4) is 0 Å². The maximum absolute atomic E-state index is 12.4. The number of benzene rings is 1. The van der Waals surface area contributed by atoms with Gasteiger partial charge in [0.1, 0.15) is 0 Å². The monoisotopic (exact) mass is 348 g/mol. The van der Waals surface area contributed by atoms with Crippen molar-refractivity contribution in [3.63, 3.8) is 0 Å². The summed E-state index contributed by atoms with van der Waals surface area (Å²) in [6.45, 7) is 0. The molecule has 0 spiro atoms. The lowest BCUT2D eigenvalue weighted by molar-refractivity contribution is -0.115. The lowest BCUT2D eigenvalue weighted by atomic mass is 10.1. The summed E-state index contributed by atoms with van der Waals surface area (Å²) in [6, 6.07) is 11.9. The summed E-state index contributed by atoms with van der Waals surface area (Å²) in [4.78, 5) is 20.9. The van der Waals surface area contributed by atoms with Gasteiger partial charge in [-0.15, -0.1) is 11.3 Å². The molecule has 0 fully saturated rings. The van der Waals surface area contributed by atoms with Gasteiger partial charge in [0.25, 0.3) is 0 Å². The molecule has 0 bridgehead atoms. The van der Waals surface area contributed by atoms with Gasteiger partial charge in [0, 0.05) is 47.5 Å². The third kappa shape index (κ3) is 3.16. The topological polar surface area (TPSA) is 59.8 Å². The SMILES string of the molecule is Cn1cc(CC(=O)Nc2nc(-c3ccncc3)cs2)c2ccccc21. The average Bonchev–Trinajstić information content (AvgIpc) is 3.21. The first-order chi connectivity index (χ1) is 12.2. The Morgan fingerprint density at radius 1 is 1.20 bits per heavy atom. The van der Waals surface area contributed by atoms with Crippen molar-refractivity contribution in [3.05, 3.63) is 65.9 Å². The van der Waals surface area contributed by atoms with Crippen LogP contribution in [0.15, 0.2) is 60.4 Å². The van der Waals surface area contributed by atoms with E-state index in [9.17, 15) is 4.79 Å². The highest BCUT2D eigenvalue weighted by Gasteiger charge is 2.12. The average molecular weight is 348 g/mol. The number of hydrogen-bond donors (Lipinski definition) is 1. The minimum Gasteiger partial charge on any atom is -0.350 e. The number of fused-ring (bicyclic) bond motifs is 1. The third-order valence-electron chi connectivity index (χ3n) is 4.06. The fraction of sp³-hybridized carbons (Fsp3) is 0.105. The Morgan fingerprint density at radius 3 is 2.84 bits per heavy atom. The molecule has 1 amide bonds. The Kier molecular flexibility index (Phi) is 4.03. The number of anilines is 1. The van der Waals surface area contributed by atoms with Crippen molar-refractivity contribution in [1.82, 2.24) is 14.5 Å². The van der Waals surface area contributed by atoms with E-state index in [4.69, 9.17) is 0 Å². The number of hydrogen-bond acceptors (Lipinski definition) is 4. The highest BCUT2D eigenvalue weighted by atomic mass is 32.1. The minimum atomic E-state index is -0.0630. The molecule has 6 heteroatoms. The quantitative estimate of drug-likeness (QED) is 0.609. The van der Waals surface area contributed by atoms with Gasteiger partial charge in [0.05, 0.1) is 12.1 Å². The molecule has 1 N–H and O–H groups in total. The molecule has 25 heavy (non-hydrogen) atoms. The lowest BCUT2D eigenvalue weighted by Gasteiger charge is -2.01. The van der Waals surface area contributed by atoms with E-state index in [0.717, 1.165) is 27.7 Å². The minimum absolute atomic E-state index is 0.0630. The van der Waals surface area contributed by atoms with Gasteiger partial charge in [-0.25, -0.2) is 4.98 Å². The molecule has 1 aromatic carbocycles. The van der Waals surface area contributed by atoms with Crippen molar-refractivity contribution in [2.75, 3.05) is 5.32 Å². The molecule has 0 aliphatic carbocycles. The molecular formula is C19H16N4OS. The Labute approximate surface area is 149 Å². The normalized spacial score (nSPS) is 10.9. The second kappa shape index (κ2) is 6.49. The molecule has 3 heterocycles. The number of aryl methyl sites for hydroxylation is 1. The summed E-state index contributed by atoms with van der Waals surface area (Å²) in [7, 11) is 1.99. The Balaban J connectivity index is 1.50. The molecule has 0 aliphatic heterocycles. The number of thiazole rings is 1. The number of aromatic nitrogens is 3.